The van der Waals surface area contributed by atoms with E-state index in [0.717, 1.165) is 6.04 Å². The van der Waals surface area contributed by atoms with Crippen LogP contribution in [0.1, 0.15) is 27.7 Å². The molecule has 1 aliphatic rings. The predicted octanol–water partition coefficient (Wildman–Crippen LogP) is 2.08. The molecule has 0 radical (unpaired) electrons. The van der Waals surface area contributed by atoms with Crippen LogP contribution in [0, 0.1) is 0 Å². The van der Waals surface area contributed by atoms with Crippen molar-refractivity contribution in [1.29, 1.82) is 0 Å². The molecule has 1 N–H and O–H groups in total. The largest absolute Gasteiger partial charge is 0.302 e. The Bertz CT molecular complexity index is 57.9. The van der Waals surface area contributed by atoms with Crippen LogP contribution in [-0.2, 0) is 0 Å². The summed E-state index contributed by atoms with van der Waals surface area (Å²) in [4.78, 5) is 0. The summed E-state index contributed by atoms with van der Waals surface area (Å²) in [5.41, 5.74) is 0. The Hall–Kier alpha value is 0.310. The molecule has 0 amide bonds. The molecule has 0 bridgehead atoms. The van der Waals surface area contributed by atoms with E-state index in [-0.39, 0.29) is 0 Å². The van der Waals surface area contributed by atoms with Gasteiger partial charge < -0.3 is 5.32 Å². The second-order valence-corrected chi connectivity index (χ2v) is 3.42. The minimum atomic E-state index is 0.690. The molecule has 1 heterocycles. The van der Waals surface area contributed by atoms with Crippen molar-refractivity contribution < 1.29 is 0 Å². The molecule has 1 saturated heterocycles. The second-order valence-electron chi connectivity index (χ2n) is 2.04. The molecule has 1 aliphatic heterocycles. The van der Waals surface area contributed by atoms with E-state index in [1.165, 1.54) is 5.75 Å². The number of thioether (sulfide) groups is 1. The summed E-state index contributed by atoms with van der Waals surface area (Å²) in [6, 6.07) is 0.736. The normalized spacial score (nSPS) is 33.3. The van der Waals surface area contributed by atoms with Crippen LogP contribution in [0.3, 0.4) is 0 Å². The molecule has 0 spiro atoms. The topological polar surface area (TPSA) is 12.0 Å². The molecule has 2 unspecified atom stereocenters. The van der Waals surface area contributed by atoms with E-state index in [0.29, 0.717) is 5.37 Å². The summed E-state index contributed by atoms with van der Waals surface area (Å²) in [5, 5.41) is 4.07. The Kier molecular flexibility index (Phi) is 5.30. The van der Waals surface area contributed by atoms with E-state index in [9.17, 15) is 0 Å². The van der Waals surface area contributed by atoms with Crippen molar-refractivity contribution in [2.75, 3.05) is 5.75 Å². The zero-order chi connectivity index (χ0) is 7.28. The Morgan fingerprint density at radius 3 is 2.00 bits per heavy atom. The molecule has 0 aliphatic carbocycles. The Morgan fingerprint density at radius 2 is 1.89 bits per heavy atom. The van der Waals surface area contributed by atoms with Crippen molar-refractivity contribution in [2.24, 2.45) is 0 Å². The van der Waals surface area contributed by atoms with E-state index < -0.39 is 0 Å². The first-order valence-electron chi connectivity index (χ1n) is 3.66. The highest BCUT2D eigenvalue weighted by Crippen LogP contribution is 2.16. The molecule has 0 aromatic heterocycles. The Balaban J connectivity index is 0.000000291. The van der Waals surface area contributed by atoms with Gasteiger partial charge in [0, 0.05) is 11.8 Å². The second kappa shape index (κ2) is 5.12. The maximum Gasteiger partial charge on any atom is 0.0506 e. The SMILES string of the molecule is CC.CC1CSC(C)N1. The zero-order valence-corrected chi connectivity index (χ0v) is 7.59. The van der Waals surface area contributed by atoms with Gasteiger partial charge in [0.2, 0.25) is 0 Å². The molecular weight excluding hydrogens is 130 g/mol. The van der Waals surface area contributed by atoms with Crippen molar-refractivity contribution >= 4 is 11.8 Å². The smallest absolute Gasteiger partial charge is 0.0506 e. The number of rotatable bonds is 0. The van der Waals surface area contributed by atoms with Crippen LogP contribution < -0.4 is 5.32 Å². The maximum atomic E-state index is 3.38. The van der Waals surface area contributed by atoms with Gasteiger partial charge in [-0.15, -0.1) is 11.8 Å². The van der Waals surface area contributed by atoms with Crippen molar-refractivity contribution in [3.8, 4) is 0 Å². The van der Waals surface area contributed by atoms with E-state index in [1.54, 1.807) is 0 Å². The molecule has 0 saturated carbocycles. The minimum Gasteiger partial charge on any atom is -0.302 e. The van der Waals surface area contributed by atoms with Gasteiger partial charge in [-0.2, -0.15) is 0 Å². The van der Waals surface area contributed by atoms with Gasteiger partial charge in [0.25, 0.3) is 0 Å². The van der Waals surface area contributed by atoms with Gasteiger partial charge in [0.05, 0.1) is 5.37 Å². The van der Waals surface area contributed by atoms with Gasteiger partial charge >= 0.3 is 0 Å². The average Bonchev–Trinajstić information content (AvgIpc) is 2.20. The highest BCUT2D eigenvalue weighted by atomic mass is 32.2. The lowest BCUT2D eigenvalue weighted by molar-refractivity contribution is 0.626. The molecule has 9 heavy (non-hydrogen) atoms. The minimum absolute atomic E-state index is 0.690. The summed E-state index contributed by atoms with van der Waals surface area (Å²) in [6.07, 6.45) is 0. The molecule has 0 aromatic carbocycles. The van der Waals surface area contributed by atoms with Crippen molar-refractivity contribution in [3.05, 3.63) is 0 Å². The van der Waals surface area contributed by atoms with Gasteiger partial charge in [0.1, 0.15) is 0 Å². The van der Waals surface area contributed by atoms with Crippen LogP contribution in [-0.4, -0.2) is 17.2 Å². The molecule has 1 nitrogen and oxygen atoms in total. The van der Waals surface area contributed by atoms with Crippen LogP contribution >= 0.6 is 11.8 Å². The third kappa shape index (κ3) is 3.82. The Labute approximate surface area is 62.6 Å². The first kappa shape index (κ1) is 9.31. The fourth-order valence-electron chi connectivity index (χ4n) is 0.786. The van der Waals surface area contributed by atoms with Crippen LogP contribution in [0.15, 0.2) is 0 Å². The molecule has 1 rings (SSSR count). The standard InChI is InChI=1S/C5H11NS.C2H6/c1-4-3-7-5(2)6-4;1-2/h4-6H,3H2,1-2H3;1-2H3. The quantitative estimate of drug-likeness (QED) is 0.563. The van der Waals surface area contributed by atoms with E-state index >= 15 is 0 Å². The van der Waals surface area contributed by atoms with E-state index in [1.807, 2.05) is 25.6 Å². The summed E-state index contributed by atoms with van der Waals surface area (Å²) >= 11 is 1.99. The van der Waals surface area contributed by atoms with Crippen LogP contribution in [0.4, 0.5) is 0 Å². The lowest BCUT2D eigenvalue weighted by atomic mass is 10.4. The summed E-state index contributed by atoms with van der Waals surface area (Å²) in [7, 11) is 0. The molecule has 56 valence electrons. The van der Waals surface area contributed by atoms with Crippen LogP contribution in [0.5, 0.6) is 0 Å². The summed E-state index contributed by atoms with van der Waals surface area (Å²) in [5.74, 6) is 1.28. The zero-order valence-electron chi connectivity index (χ0n) is 6.77. The molecule has 2 heteroatoms. The fraction of sp³-hybridized carbons (Fsp3) is 1.00. The average molecular weight is 147 g/mol. The molecular formula is C7H17NS. The van der Waals surface area contributed by atoms with Crippen LogP contribution in [0.2, 0.25) is 0 Å². The lowest BCUT2D eigenvalue weighted by Gasteiger charge is -2.00. The third-order valence-electron chi connectivity index (χ3n) is 1.12. The van der Waals surface area contributed by atoms with Gasteiger partial charge in [0.15, 0.2) is 0 Å². The molecule has 0 aromatic rings. The van der Waals surface area contributed by atoms with Crippen LogP contribution in [0.25, 0.3) is 0 Å². The summed E-state index contributed by atoms with van der Waals surface area (Å²) in [6.45, 7) is 8.42. The fourth-order valence-corrected chi connectivity index (χ4v) is 1.79. The predicted molar refractivity (Wildman–Crippen MR) is 45.9 cm³/mol. The van der Waals surface area contributed by atoms with Crippen molar-refractivity contribution in [1.82, 2.24) is 5.32 Å². The number of nitrogens with one attached hydrogen (secondary N) is 1. The van der Waals surface area contributed by atoms with Crippen molar-refractivity contribution in [3.63, 3.8) is 0 Å². The third-order valence-corrected chi connectivity index (χ3v) is 2.44. The van der Waals surface area contributed by atoms with Gasteiger partial charge in [-0.25, -0.2) is 0 Å². The molecule has 1 fully saturated rings. The van der Waals surface area contributed by atoms with E-state index in [2.05, 4.69) is 19.2 Å². The van der Waals surface area contributed by atoms with Gasteiger partial charge in [-0.1, -0.05) is 13.8 Å². The van der Waals surface area contributed by atoms with Crippen molar-refractivity contribution in [2.45, 2.75) is 39.1 Å². The van der Waals surface area contributed by atoms with E-state index in [4.69, 9.17) is 0 Å². The highest BCUT2D eigenvalue weighted by Gasteiger charge is 2.14. The first-order chi connectivity index (χ1) is 4.29. The maximum absolute atomic E-state index is 3.38. The Morgan fingerprint density at radius 1 is 1.33 bits per heavy atom. The number of hydrogen-bond acceptors (Lipinski definition) is 2. The molecule has 2 atom stereocenters. The number of hydrogen-bond donors (Lipinski definition) is 1. The van der Waals surface area contributed by atoms with Gasteiger partial charge in [-0.3, -0.25) is 0 Å². The lowest BCUT2D eigenvalue weighted by Crippen LogP contribution is -2.24. The van der Waals surface area contributed by atoms with Gasteiger partial charge in [-0.05, 0) is 13.8 Å². The first-order valence-corrected chi connectivity index (χ1v) is 4.71. The monoisotopic (exact) mass is 147 g/mol. The highest BCUT2D eigenvalue weighted by molar-refractivity contribution is 8.00. The summed E-state index contributed by atoms with van der Waals surface area (Å²) < 4.78 is 0.